The molecule has 2 aromatic rings. The smallest absolute Gasteiger partial charge is 0.264 e. The summed E-state index contributed by atoms with van der Waals surface area (Å²) in [5.41, 5.74) is 11.6. The van der Waals surface area contributed by atoms with Crippen LogP contribution < -0.4 is 14.4 Å². The van der Waals surface area contributed by atoms with E-state index in [0.29, 0.717) is 36.9 Å². The third-order valence-electron chi connectivity index (χ3n) is 9.93. The summed E-state index contributed by atoms with van der Waals surface area (Å²) in [4.78, 5) is 18.7. The SMILES string of the molecule is COC1(CN=[N+]=[N-])/C=C/C[C@H](C)[C@@H](C)S(=O)(=O)NC(=O)c2ccc3c(c2)N(CCCCc2cc(Cl)ccc2CO3)C[C@@H]2CC[C@H]21. The van der Waals surface area contributed by atoms with Crippen LogP contribution in [0, 0.1) is 17.8 Å². The number of fused-ring (bicyclic) bond motifs is 3. The van der Waals surface area contributed by atoms with Crippen LogP contribution >= 0.6 is 11.6 Å². The first-order valence-corrected chi connectivity index (χ1v) is 17.6. The molecule has 5 atom stereocenters. The van der Waals surface area contributed by atoms with Crippen molar-refractivity contribution < 1.29 is 22.7 Å². The van der Waals surface area contributed by atoms with Gasteiger partial charge in [-0.15, -0.1) is 0 Å². The summed E-state index contributed by atoms with van der Waals surface area (Å²) in [7, 11) is -2.34. The number of hydrogen-bond donors (Lipinski definition) is 1. The number of benzene rings is 2. The predicted octanol–water partition coefficient (Wildman–Crippen LogP) is 6.83. The number of amides is 1. The average molecular weight is 656 g/mol. The topological polar surface area (TPSA) is 134 Å². The van der Waals surface area contributed by atoms with E-state index in [9.17, 15) is 18.7 Å². The van der Waals surface area contributed by atoms with Crippen molar-refractivity contribution in [1.82, 2.24) is 4.72 Å². The number of allylic oxidation sites excluding steroid dienone is 1. The maximum Gasteiger partial charge on any atom is 0.264 e. The predicted molar refractivity (Wildman–Crippen MR) is 176 cm³/mol. The third-order valence-corrected chi connectivity index (χ3v) is 12.1. The number of rotatable bonds is 3. The molecule has 0 saturated heterocycles. The number of sulfonamides is 1. The molecule has 12 heteroatoms. The summed E-state index contributed by atoms with van der Waals surface area (Å²) in [6, 6.07) is 11.0. The molecule has 1 aliphatic carbocycles. The van der Waals surface area contributed by atoms with Crippen LogP contribution in [0.5, 0.6) is 5.75 Å². The van der Waals surface area contributed by atoms with Gasteiger partial charge in [0.1, 0.15) is 12.4 Å². The fraction of sp³-hybridized carbons (Fsp3) is 0.545. The Morgan fingerprint density at radius 2 is 2.00 bits per heavy atom. The first-order chi connectivity index (χ1) is 21.6. The zero-order chi connectivity index (χ0) is 32.2. The zero-order valence-electron chi connectivity index (χ0n) is 26.1. The molecule has 1 unspecified atom stereocenters. The number of halogens is 1. The van der Waals surface area contributed by atoms with Gasteiger partial charge in [-0.1, -0.05) is 41.9 Å². The summed E-state index contributed by atoms with van der Waals surface area (Å²) >= 11 is 6.33. The number of ether oxygens (including phenoxy) is 2. The van der Waals surface area contributed by atoms with Crippen LogP contribution in [0.4, 0.5) is 5.69 Å². The minimum Gasteiger partial charge on any atom is -0.487 e. The fourth-order valence-electron chi connectivity index (χ4n) is 6.77. The fourth-order valence-corrected chi connectivity index (χ4v) is 8.25. The maximum absolute atomic E-state index is 13.4. The quantitative estimate of drug-likeness (QED) is 0.167. The lowest BCUT2D eigenvalue weighted by Gasteiger charge is -2.49. The molecule has 242 valence electrons. The van der Waals surface area contributed by atoms with Crippen molar-refractivity contribution in [3.8, 4) is 5.75 Å². The number of nitrogens with zero attached hydrogens (tertiary/aromatic N) is 4. The Hall–Kier alpha value is -3.24. The second-order valence-electron chi connectivity index (χ2n) is 12.6. The van der Waals surface area contributed by atoms with Crippen LogP contribution in [-0.4, -0.2) is 51.9 Å². The Morgan fingerprint density at radius 3 is 2.73 bits per heavy atom. The first kappa shape index (κ1) is 33.1. The molecule has 1 N–H and O–H groups in total. The van der Waals surface area contributed by atoms with Crippen LogP contribution in [0.15, 0.2) is 53.7 Å². The van der Waals surface area contributed by atoms with E-state index in [1.54, 1.807) is 32.2 Å². The largest absolute Gasteiger partial charge is 0.487 e. The highest BCUT2D eigenvalue weighted by Crippen LogP contribution is 2.46. The number of carbonyl (C=O) groups is 1. The van der Waals surface area contributed by atoms with Crippen LogP contribution in [0.1, 0.15) is 67.4 Å². The molecule has 10 nitrogen and oxygen atoms in total. The highest BCUT2D eigenvalue weighted by Gasteiger charge is 2.47. The van der Waals surface area contributed by atoms with Crippen molar-refractivity contribution in [3.63, 3.8) is 0 Å². The van der Waals surface area contributed by atoms with Gasteiger partial charge < -0.3 is 14.4 Å². The zero-order valence-corrected chi connectivity index (χ0v) is 27.7. The number of hydrogen-bond acceptors (Lipinski definition) is 7. The molecule has 2 aliphatic heterocycles. The van der Waals surface area contributed by atoms with E-state index in [-0.39, 0.29) is 29.9 Å². The van der Waals surface area contributed by atoms with E-state index in [1.165, 1.54) is 0 Å². The minimum absolute atomic E-state index is 0.0778. The van der Waals surface area contributed by atoms with Gasteiger partial charge in [-0.05, 0) is 110 Å². The minimum atomic E-state index is -3.98. The van der Waals surface area contributed by atoms with Gasteiger partial charge in [0.05, 0.1) is 23.1 Å². The van der Waals surface area contributed by atoms with Crippen LogP contribution in [0.3, 0.4) is 0 Å². The highest BCUT2D eigenvalue weighted by molar-refractivity contribution is 7.90. The second kappa shape index (κ2) is 14.0. The molecule has 1 saturated carbocycles. The van der Waals surface area contributed by atoms with Gasteiger partial charge >= 0.3 is 0 Å². The number of anilines is 1. The van der Waals surface area contributed by atoms with Gasteiger partial charge in [0.2, 0.25) is 10.0 Å². The Balaban J connectivity index is 1.59. The molecule has 5 rings (SSSR count). The van der Waals surface area contributed by atoms with E-state index in [2.05, 4.69) is 19.6 Å². The van der Waals surface area contributed by atoms with Crippen molar-refractivity contribution in [2.45, 2.75) is 69.8 Å². The van der Waals surface area contributed by atoms with E-state index < -0.39 is 26.8 Å². The number of nitrogens with one attached hydrogen (secondary N) is 1. The summed E-state index contributed by atoms with van der Waals surface area (Å²) < 4.78 is 41.5. The standard InChI is InChI=1S/C33H42ClN5O5S/c1-22-7-6-15-33(43-3,21-36-38-35)29-13-10-26(29)19-39-16-5-4-8-24-17-28(34)12-9-27(24)20-44-31-14-11-25(18-30(31)39)32(40)37-45(41,42)23(22)2/h6,9,11-12,14-15,17-18,22-23,26,29H,4-5,7-8,10,13,16,19-21H2,1-3H3,(H,37,40)/b15-6+/t22-,23+,26-,29+,33?/m0/s1. The molecule has 0 aromatic heterocycles. The molecule has 1 amide bonds. The summed E-state index contributed by atoms with van der Waals surface area (Å²) in [6.07, 6.45) is 8.90. The molecule has 1 fully saturated rings. The lowest BCUT2D eigenvalue weighted by atomic mass is 9.64. The second-order valence-corrected chi connectivity index (χ2v) is 15.1. The average Bonchev–Trinajstić information content (AvgIpc) is 3.03. The van der Waals surface area contributed by atoms with Crippen molar-refractivity contribution >= 4 is 33.2 Å². The number of aryl methyl sites for hydroxylation is 1. The maximum atomic E-state index is 13.4. The molecular formula is C33H42ClN5O5S. The summed E-state index contributed by atoms with van der Waals surface area (Å²) in [5.74, 6) is -0.0421. The highest BCUT2D eigenvalue weighted by atomic mass is 35.5. The lowest BCUT2D eigenvalue weighted by Crippen LogP contribution is -2.52. The molecule has 3 aliphatic rings. The molecule has 2 bridgehead atoms. The Labute approximate surface area is 270 Å². The molecule has 0 spiro atoms. The summed E-state index contributed by atoms with van der Waals surface area (Å²) in [6.45, 7) is 5.31. The van der Waals surface area contributed by atoms with Gasteiger partial charge in [0.25, 0.3) is 5.91 Å². The molecule has 0 radical (unpaired) electrons. The van der Waals surface area contributed by atoms with E-state index >= 15 is 0 Å². The van der Waals surface area contributed by atoms with Crippen molar-refractivity contribution in [2.75, 3.05) is 31.6 Å². The molecule has 2 heterocycles. The first-order valence-electron chi connectivity index (χ1n) is 15.7. The van der Waals surface area contributed by atoms with Gasteiger partial charge in [-0.2, -0.15) is 0 Å². The van der Waals surface area contributed by atoms with Gasteiger partial charge in [-0.3, -0.25) is 4.79 Å². The monoisotopic (exact) mass is 655 g/mol. The van der Waals surface area contributed by atoms with Crippen molar-refractivity contribution in [2.24, 2.45) is 22.9 Å². The number of carbonyl (C=O) groups excluding carboxylic acids is 1. The van der Waals surface area contributed by atoms with E-state index in [1.807, 2.05) is 37.3 Å². The Kier molecular flexibility index (Phi) is 10.3. The van der Waals surface area contributed by atoms with Crippen LogP contribution in [-0.2, 0) is 27.8 Å². The van der Waals surface area contributed by atoms with Crippen LogP contribution in [0.25, 0.3) is 10.4 Å². The van der Waals surface area contributed by atoms with Gasteiger partial charge in [-0.25, -0.2) is 13.1 Å². The van der Waals surface area contributed by atoms with Gasteiger partial charge in [0, 0.05) is 35.7 Å². The van der Waals surface area contributed by atoms with E-state index in [0.717, 1.165) is 48.9 Å². The molecule has 2 aromatic carbocycles. The normalized spacial score (nSPS) is 29.2. The number of methoxy groups -OCH3 is 1. The summed E-state index contributed by atoms with van der Waals surface area (Å²) in [5, 5.41) is 3.80. The van der Waals surface area contributed by atoms with E-state index in [4.69, 9.17) is 21.1 Å². The van der Waals surface area contributed by atoms with Crippen LogP contribution in [0.2, 0.25) is 5.02 Å². The Bertz CT molecular complexity index is 1590. The van der Waals surface area contributed by atoms with Crippen molar-refractivity contribution in [3.05, 3.63) is 80.7 Å². The van der Waals surface area contributed by atoms with Gasteiger partial charge in [0.15, 0.2) is 0 Å². The molecular weight excluding hydrogens is 614 g/mol. The van der Waals surface area contributed by atoms with Crippen molar-refractivity contribution in [1.29, 1.82) is 0 Å². The number of azide groups is 1. The molecule has 45 heavy (non-hydrogen) atoms. The third kappa shape index (κ3) is 7.27. The lowest BCUT2D eigenvalue weighted by molar-refractivity contribution is -0.0682. The Morgan fingerprint density at radius 1 is 1.18 bits per heavy atom.